The summed E-state index contributed by atoms with van der Waals surface area (Å²) in [5, 5.41) is 7.71. The minimum Gasteiger partial charge on any atom is -0.317 e. The van der Waals surface area contributed by atoms with Crippen LogP contribution in [-0.4, -0.2) is 46.4 Å². The Bertz CT molecular complexity index is 386. The second kappa shape index (κ2) is 5.02. The maximum absolute atomic E-state index is 4.25. The lowest BCUT2D eigenvalue weighted by Gasteiger charge is -2.38. The molecular weight excluding hydrogens is 224 g/mol. The molecule has 2 aliphatic rings. The van der Waals surface area contributed by atoms with Gasteiger partial charge in [-0.1, -0.05) is 0 Å². The fourth-order valence-electron chi connectivity index (χ4n) is 3.73. The maximum Gasteiger partial charge on any atom is 0.0522 e. The number of hydrogen-bond donors (Lipinski definition) is 1. The van der Waals surface area contributed by atoms with Crippen LogP contribution in [0.15, 0.2) is 12.4 Å². The zero-order valence-corrected chi connectivity index (χ0v) is 11.5. The number of fused-ring (bicyclic) bond motifs is 2. The van der Waals surface area contributed by atoms with E-state index in [-0.39, 0.29) is 0 Å². The van der Waals surface area contributed by atoms with E-state index in [9.17, 15) is 0 Å². The van der Waals surface area contributed by atoms with E-state index in [2.05, 4.69) is 28.6 Å². The van der Waals surface area contributed by atoms with Crippen LogP contribution in [0.3, 0.4) is 0 Å². The van der Waals surface area contributed by atoms with E-state index < -0.39 is 0 Å². The summed E-state index contributed by atoms with van der Waals surface area (Å²) in [6, 6.07) is 2.38. The Kier molecular flexibility index (Phi) is 3.39. The molecule has 4 heteroatoms. The zero-order valence-electron chi connectivity index (χ0n) is 11.5. The molecule has 1 aromatic heterocycles. The van der Waals surface area contributed by atoms with Crippen LogP contribution in [-0.2, 0) is 13.5 Å². The number of aromatic nitrogens is 2. The zero-order chi connectivity index (χ0) is 12.5. The van der Waals surface area contributed by atoms with Gasteiger partial charge in [0.2, 0.25) is 0 Å². The highest BCUT2D eigenvalue weighted by Gasteiger charge is 2.39. The Morgan fingerprint density at radius 1 is 1.33 bits per heavy atom. The maximum atomic E-state index is 4.25. The van der Waals surface area contributed by atoms with Crippen molar-refractivity contribution in [3.05, 3.63) is 18.0 Å². The third-order valence-corrected chi connectivity index (χ3v) is 4.71. The van der Waals surface area contributed by atoms with Crippen LogP contribution in [0, 0.1) is 0 Å². The summed E-state index contributed by atoms with van der Waals surface area (Å²) in [5.41, 5.74) is 1.37. The molecule has 1 N–H and O–H groups in total. The fourth-order valence-corrected chi connectivity index (χ4v) is 3.73. The third-order valence-electron chi connectivity index (χ3n) is 4.71. The van der Waals surface area contributed by atoms with Gasteiger partial charge in [0.05, 0.1) is 6.20 Å². The minimum atomic E-state index is 0.747. The molecule has 2 atom stereocenters. The van der Waals surface area contributed by atoms with Gasteiger partial charge in [-0.2, -0.15) is 5.10 Å². The molecule has 0 radical (unpaired) electrons. The number of rotatable bonds is 4. The highest BCUT2D eigenvalue weighted by Crippen LogP contribution is 2.35. The van der Waals surface area contributed by atoms with Gasteiger partial charge in [0.1, 0.15) is 0 Å². The van der Waals surface area contributed by atoms with Gasteiger partial charge in [0.25, 0.3) is 0 Å². The Balaban J connectivity index is 1.58. The molecule has 0 amide bonds. The topological polar surface area (TPSA) is 33.1 Å². The summed E-state index contributed by atoms with van der Waals surface area (Å²) in [6.45, 7) is 1.21. The quantitative estimate of drug-likeness (QED) is 0.868. The molecule has 100 valence electrons. The van der Waals surface area contributed by atoms with Crippen LogP contribution in [0.1, 0.15) is 31.2 Å². The van der Waals surface area contributed by atoms with Gasteiger partial charge in [-0.25, -0.2) is 0 Å². The van der Waals surface area contributed by atoms with Gasteiger partial charge < -0.3 is 5.32 Å². The molecule has 0 aromatic carbocycles. The molecule has 0 aliphatic carbocycles. The van der Waals surface area contributed by atoms with Crippen LogP contribution in [0.5, 0.6) is 0 Å². The van der Waals surface area contributed by atoms with Crippen molar-refractivity contribution in [2.75, 3.05) is 13.6 Å². The van der Waals surface area contributed by atoms with E-state index in [4.69, 9.17) is 0 Å². The average Bonchev–Trinajstić information content (AvgIpc) is 2.87. The smallest absolute Gasteiger partial charge is 0.0522 e. The molecule has 2 aliphatic heterocycles. The van der Waals surface area contributed by atoms with Gasteiger partial charge in [-0.15, -0.1) is 0 Å². The largest absolute Gasteiger partial charge is 0.317 e. The molecule has 2 unspecified atom stereocenters. The monoisotopic (exact) mass is 248 g/mol. The molecule has 0 spiro atoms. The molecule has 2 fully saturated rings. The van der Waals surface area contributed by atoms with E-state index in [1.807, 2.05) is 17.9 Å². The second-order valence-electron chi connectivity index (χ2n) is 5.85. The van der Waals surface area contributed by atoms with Crippen molar-refractivity contribution in [1.29, 1.82) is 0 Å². The lowest BCUT2D eigenvalue weighted by molar-refractivity contribution is 0.121. The number of nitrogens with one attached hydrogen (secondary N) is 1. The van der Waals surface area contributed by atoms with Crippen LogP contribution in [0.25, 0.3) is 0 Å². The fraction of sp³-hybridized carbons (Fsp3) is 0.786. The molecule has 3 heterocycles. The normalized spacial score (nSPS) is 32.0. The van der Waals surface area contributed by atoms with E-state index in [0.717, 1.165) is 24.5 Å². The predicted molar refractivity (Wildman–Crippen MR) is 72.5 cm³/mol. The summed E-state index contributed by atoms with van der Waals surface area (Å²) in [6.07, 6.45) is 10.8. The van der Waals surface area contributed by atoms with Crippen molar-refractivity contribution < 1.29 is 0 Å². The van der Waals surface area contributed by atoms with Crippen molar-refractivity contribution >= 4 is 0 Å². The number of hydrogen-bond acceptors (Lipinski definition) is 3. The first-order chi connectivity index (χ1) is 8.76. The molecule has 4 nitrogen and oxygen atoms in total. The lowest BCUT2D eigenvalue weighted by atomic mass is 9.97. The predicted octanol–water partition coefficient (Wildman–Crippen LogP) is 1.18. The van der Waals surface area contributed by atoms with Crippen LogP contribution in [0.4, 0.5) is 0 Å². The highest BCUT2D eigenvalue weighted by molar-refractivity contribution is 5.05. The van der Waals surface area contributed by atoms with Crippen LogP contribution >= 0.6 is 0 Å². The lowest BCUT2D eigenvalue weighted by Crippen LogP contribution is -2.48. The summed E-state index contributed by atoms with van der Waals surface area (Å²) >= 11 is 0. The first-order valence-electron chi connectivity index (χ1n) is 7.17. The van der Waals surface area contributed by atoms with E-state index in [0.29, 0.717) is 0 Å². The number of nitrogens with zero attached hydrogens (tertiary/aromatic N) is 3. The summed E-state index contributed by atoms with van der Waals surface area (Å²) in [7, 11) is 4.10. The number of aryl methyl sites for hydroxylation is 1. The van der Waals surface area contributed by atoms with Crippen molar-refractivity contribution in [2.24, 2.45) is 7.05 Å². The molecular formula is C14H24N4. The average molecular weight is 248 g/mol. The second-order valence-corrected chi connectivity index (χ2v) is 5.85. The Hall–Kier alpha value is -0.870. The molecule has 3 rings (SSSR count). The van der Waals surface area contributed by atoms with Gasteiger partial charge in [0.15, 0.2) is 0 Å². The van der Waals surface area contributed by atoms with Gasteiger partial charge >= 0.3 is 0 Å². The van der Waals surface area contributed by atoms with Gasteiger partial charge in [0, 0.05) is 37.9 Å². The molecule has 2 bridgehead atoms. The summed E-state index contributed by atoms with van der Waals surface area (Å²) in [4.78, 5) is 2.75. The third kappa shape index (κ3) is 2.31. The first kappa shape index (κ1) is 12.2. The SMILES string of the molecule is CNC1CC2CCC(C1)N2CCc1cnn(C)c1. The van der Waals surface area contributed by atoms with Gasteiger partial charge in [-0.3, -0.25) is 9.58 Å². The van der Waals surface area contributed by atoms with Crippen molar-refractivity contribution in [3.63, 3.8) is 0 Å². The first-order valence-corrected chi connectivity index (χ1v) is 7.17. The van der Waals surface area contributed by atoms with E-state index in [1.165, 1.54) is 37.8 Å². The van der Waals surface area contributed by atoms with E-state index >= 15 is 0 Å². The Labute approximate surface area is 109 Å². The summed E-state index contributed by atoms with van der Waals surface area (Å²) in [5.74, 6) is 0. The molecule has 1 aromatic rings. The van der Waals surface area contributed by atoms with E-state index in [1.54, 1.807) is 0 Å². The standard InChI is InChI=1S/C14H24N4/c1-15-12-7-13-3-4-14(8-12)18(13)6-5-11-9-16-17(2)10-11/h9-10,12-15H,3-8H2,1-2H3. The molecule has 2 saturated heterocycles. The molecule has 0 saturated carbocycles. The van der Waals surface area contributed by atoms with Crippen molar-refractivity contribution in [2.45, 2.75) is 50.2 Å². The minimum absolute atomic E-state index is 0.747. The van der Waals surface area contributed by atoms with Crippen LogP contribution < -0.4 is 5.32 Å². The van der Waals surface area contributed by atoms with Crippen molar-refractivity contribution in [3.8, 4) is 0 Å². The number of piperidine rings is 1. The van der Waals surface area contributed by atoms with Gasteiger partial charge in [-0.05, 0) is 44.7 Å². The highest BCUT2D eigenvalue weighted by atomic mass is 15.2. The Morgan fingerprint density at radius 3 is 2.61 bits per heavy atom. The summed E-state index contributed by atoms with van der Waals surface area (Å²) < 4.78 is 1.90. The van der Waals surface area contributed by atoms with Crippen LogP contribution in [0.2, 0.25) is 0 Å². The Morgan fingerprint density at radius 2 is 2.06 bits per heavy atom. The van der Waals surface area contributed by atoms with Crippen molar-refractivity contribution in [1.82, 2.24) is 20.0 Å². The molecule has 18 heavy (non-hydrogen) atoms.